The van der Waals surface area contributed by atoms with Gasteiger partial charge in [-0.2, -0.15) is 0 Å². The normalized spacial score (nSPS) is 11.5. The number of carboxylic acids is 1. The van der Waals surface area contributed by atoms with Crippen LogP contribution in [0.4, 0.5) is 0 Å². The Kier molecular flexibility index (Phi) is 3.60. The average molecular weight is 161 g/mol. The molecule has 0 aromatic heterocycles. The minimum atomic E-state index is -1.10. The summed E-state index contributed by atoms with van der Waals surface area (Å²) < 4.78 is 0. The van der Waals surface area contributed by atoms with E-state index in [1.807, 2.05) is 0 Å². The van der Waals surface area contributed by atoms with E-state index in [0.29, 0.717) is 0 Å². The summed E-state index contributed by atoms with van der Waals surface area (Å²) in [6, 6.07) is 0. The Balaban J connectivity index is 3.29. The Hall–Kier alpha value is -0.353. The van der Waals surface area contributed by atoms with Gasteiger partial charge in [0.05, 0.1) is 14.6 Å². The van der Waals surface area contributed by atoms with Crippen molar-refractivity contribution >= 4 is 14.0 Å². The molecule has 0 aromatic carbocycles. The largest absolute Gasteiger partial charge is 0.480 e. The lowest BCUT2D eigenvalue weighted by Crippen LogP contribution is -2.38. The monoisotopic (exact) mass is 161 g/mol. The molecule has 0 radical (unpaired) electrons. The molecule has 0 bridgehead atoms. The highest BCUT2D eigenvalue weighted by Crippen LogP contribution is 1.95. The predicted octanol–water partition coefficient (Wildman–Crippen LogP) is 0.538. The second-order valence-electron chi connectivity index (χ2n) is 3.56. The van der Waals surface area contributed by atoms with Crippen molar-refractivity contribution < 1.29 is 9.90 Å². The fraction of sp³-hybridized carbons (Fsp3) is 0.833. The predicted molar refractivity (Wildman–Crippen MR) is 43.9 cm³/mol. The molecular formula is C6H15NO2Si. The van der Waals surface area contributed by atoms with Crippen molar-refractivity contribution in [2.24, 2.45) is 0 Å². The summed E-state index contributed by atoms with van der Waals surface area (Å²) in [5.74, 6) is -0.779. The summed E-state index contributed by atoms with van der Waals surface area (Å²) in [7, 11) is -1.10. The summed E-state index contributed by atoms with van der Waals surface area (Å²) in [5.41, 5.74) is 0. The summed E-state index contributed by atoms with van der Waals surface area (Å²) in [5, 5.41) is 11.2. The molecule has 10 heavy (non-hydrogen) atoms. The second kappa shape index (κ2) is 3.73. The van der Waals surface area contributed by atoms with Crippen molar-refractivity contribution in [2.45, 2.75) is 19.6 Å². The Morgan fingerprint density at radius 3 is 2.30 bits per heavy atom. The van der Waals surface area contributed by atoms with Crippen LogP contribution >= 0.6 is 0 Å². The molecule has 0 aliphatic rings. The van der Waals surface area contributed by atoms with E-state index in [0.717, 1.165) is 6.17 Å². The van der Waals surface area contributed by atoms with Gasteiger partial charge in [-0.1, -0.05) is 19.6 Å². The van der Waals surface area contributed by atoms with Crippen LogP contribution in [0.2, 0.25) is 19.6 Å². The maximum absolute atomic E-state index is 10.0. The van der Waals surface area contributed by atoms with E-state index in [1.54, 1.807) is 0 Å². The zero-order chi connectivity index (χ0) is 8.20. The molecular weight excluding hydrogens is 146 g/mol. The lowest BCUT2D eigenvalue weighted by Gasteiger charge is -2.14. The first-order chi connectivity index (χ1) is 4.42. The second-order valence-corrected chi connectivity index (χ2v) is 9.03. The molecule has 0 fully saturated rings. The molecule has 0 amide bonds. The van der Waals surface area contributed by atoms with Crippen molar-refractivity contribution in [3.63, 3.8) is 0 Å². The molecule has 0 aromatic rings. The number of carboxylic acid groups (broad SMARTS) is 1. The van der Waals surface area contributed by atoms with E-state index >= 15 is 0 Å². The van der Waals surface area contributed by atoms with Crippen LogP contribution in [-0.2, 0) is 4.79 Å². The van der Waals surface area contributed by atoms with Gasteiger partial charge in [0.1, 0.15) is 0 Å². The van der Waals surface area contributed by atoms with Gasteiger partial charge in [-0.3, -0.25) is 4.79 Å². The third-order valence-corrected chi connectivity index (χ3v) is 2.24. The molecule has 0 atom stereocenters. The Morgan fingerprint density at radius 2 is 2.00 bits per heavy atom. The highest BCUT2D eigenvalue weighted by Gasteiger charge is 2.11. The fourth-order valence-electron chi connectivity index (χ4n) is 0.544. The molecule has 0 heterocycles. The minimum Gasteiger partial charge on any atom is -0.480 e. The quantitative estimate of drug-likeness (QED) is 0.592. The lowest BCUT2D eigenvalue weighted by molar-refractivity contribution is -0.135. The summed E-state index contributed by atoms with van der Waals surface area (Å²) in [4.78, 5) is 10.0. The molecule has 2 N–H and O–H groups in total. The maximum Gasteiger partial charge on any atom is 0.317 e. The van der Waals surface area contributed by atoms with Gasteiger partial charge < -0.3 is 10.4 Å². The van der Waals surface area contributed by atoms with E-state index in [2.05, 4.69) is 25.0 Å². The van der Waals surface area contributed by atoms with Crippen LogP contribution < -0.4 is 5.32 Å². The van der Waals surface area contributed by atoms with E-state index in [4.69, 9.17) is 5.11 Å². The highest BCUT2D eigenvalue weighted by molar-refractivity contribution is 6.76. The van der Waals surface area contributed by atoms with Crippen LogP contribution in [0.15, 0.2) is 0 Å². The molecule has 3 nitrogen and oxygen atoms in total. The van der Waals surface area contributed by atoms with Crippen LogP contribution in [0.1, 0.15) is 0 Å². The first kappa shape index (κ1) is 9.65. The standard InChI is InChI=1S/C6H15NO2Si/c1-10(2,3)5-7-4-6(8)9/h7H,4-5H2,1-3H3,(H,8,9). The van der Waals surface area contributed by atoms with Gasteiger partial charge >= 0.3 is 5.97 Å². The first-order valence-electron chi connectivity index (χ1n) is 3.34. The van der Waals surface area contributed by atoms with E-state index < -0.39 is 14.0 Å². The smallest absolute Gasteiger partial charge is 0.317 e. The molecule has 0 spiro atoms. The Morgan fingerprint density at radius 1 is 1.50 bits per heavy atom. The van der Waals surface area contributed by atoms with Crippen LogP contribution in [0, 0.1) is 0 Å². The number of nitrogens with one attached hydrogen (secondary N) is 1. The van der Waals surface area contributed by atoms with Gasteiger partial charge in [0.25, 0.3) is 0 Å². The lowest BCUT2D eigenvalue weighted by atomic mass is 10.7. The van der Waals surface area contributed by atoms with E-state index in [-0.39, 0.29) is 6.54 Å². The first-order valence-corrected chi connectivity index (χ1v) is 7.05. The zero-order valence-corrected chi connectivity index (χ0v) is 7.77. The third kappa shape index (κ3) is 7.65. The summed E-state index contributed by atoms with van der Waals surface area (Å²) in [6.07, 6.45) is 0.874. The van der Waals surface area contributed by atoms with Crippen LogP contribution in [0.5, 0.6) is 0 Å². The maximum atomic E-state index is 10.0. The fourth-order valence-corrected chi connectivity index (χ4v) is 1.42. The molecule has 0 aliphatic carbocycles. The molecule has 0 unspecified atom stereocenters. The number of rotatable bonds is 4. The summed E-state index contributed by atoms with van der Waals surface area (Å²) in [6.45, 7) is 6.68. The van der Waals surface area contributed by atoms with E-state index in [1.165, 1.54) is 0 Å². The molecule has 0 aliphatic heterocycles. The van der Waals surface area contributed by atoms with Crippen molar-refractivity contribution in [3.05, 3.63) is 0 Å². The van der Waals surface area contributed by atoms with Crippen LogP contribution in [0.3, 0.4) is 0 Å². The van der Waals surface area contributed by atoms with Crippen molar-refractivity contribution in [3.8, 4) is 0 Å². The van der Waals surface area contributed by atoms with Crippen LogP contribution in [0.25, 0.3) is 0 Å². The Bertz CT molecular complexity index is 119. The number of hydrogen-bond donors (Lipinski definition) is 2. The van der Waals surface area contributed by atoms with Crippen molar-refractivity contribution in [1.82, 2.24) is 5.32 Å². The SMILES string of the molecule is C[Si](C)(C)CNCC(=O)O. The number of hydrogen-bond acceptors (Lipinski definition) is 2. The van der Waals surface area contributed by atoms with Gasteiger partial charge in [0, 0.05) is 0 Å². The van der Waals surface area contributed by atoms with Gasteiger partial charge in [-0.05, 0) is 6.17 Å². The highest BCUT2D eigenvalue weighted by atomic mass is 28.3. The molecule has 0 rings (SSSR count). The molecule has 0 saturated carbocycles. The molecule has 60 valence electrons. The zero-order valence-electron chi connectivity index (χ0n) is 6.77. The molecule has 0 saturated heterocycles. The van der Waals surface area contributed by atoms with Crippen molar-refractivity contribution in [1.29, 1.82) is 0 Å². The topological polar surface area (TPSA) is 49.3 Å². The van der Waals surface area contributed by atoms with Gasteiger partial charge in [-0.25, -0.2) is 0 Å². The van der Waals surface area contributed by atoms with E-state index in [9.17, 15) is 4.79 Å². The van der Waals surface area contributed by atoms with Crippen LogP contribution in [-0.4, -0.2) is 31.9 Å². The third-order valence-electron chi connectivity index (χ3n) is 0.932. The Labute approximate surface area is 62.5 Å². The average Bonchev–Trinajstić information content (AvgIpc) is 1.59. The van der Waals surface area contributed by atoms with Gasteiger partial charge in [0.2, 0.25) is 0 Å². The van der Waals surface area contributed by atoms with Gasteiger partial charge in [-0.15, -0.1) is 0 Å². The minimum absolute atomic E-state index is 0.0876. The molecule has 4 heteroatoms. The number of aliphatic carboxylic acids is 1. The number of carbonyl (C=O) groups is 1. The van der Waals surface area contributed by atoms with Crippen molar-refractivity contribution in [2.75, 3.05) is 12.7 Å². The van der Waals surface area contributed by atoms with Gasteiger partial charge in [0.15, 0.2) is 0 Å². The summed E-state index contributed by atoms with van der Waals surface area (Å²) >= 11 is 0.